The molecular formula is C17H16ClNOS. The van der Waals surface area contributed by atoms with Crippen LogP contribution in [-0.4, -0.2) is 12.5 Å². The first-order valence-electron chi connectivity index (χ1n) is 6.94. The fourth-order valence-corrected chi connectivity index (χ4v) is 3.21. The zero-order valence-corrected chi connectivity index (χ0v) is 13.4. The van der Waals surface area contributed by atoms with Crippen molar-refractivity contribution in [3.63, 3.8) is 0 Å². The van der Waals surface area contributed by atoms with Crippen molar-refractivity contribution < 1.29 is 4.79 Å². The summed E-state index contributed by atoms with van der Waals surface area (Å²) in [4.78, 5) is 15.5. The van der Waals surface area contributed by atoms with Gasteiger partial charge in [0.15, 0.2) is 0 Å². The Morgan fingerprint density at radius 3 is 2.86 bits per heavy atom. The summed E-state index contributed by atoms with van der Waals surface area (Å²) in [5, 5.41) is 0.466. The zero-order chi connectivity index (χ0) is 15.0. The molecule has 0 aromatic heterocycles. The molecule has 4 heteroatoms. The number of fused-ring (bicyclic) bond motifs is 1. The molecule has 0 N–H and O–H groups in total. The molecule has 2 aromatic rings. The first-order valence-corrected chi connectivity index (χ1v) is 7.77. The van der Waals surface area contributed by atoms with Crippen molar-refractivity contribution in [1.82, 2.24) is 0 Å². The Labute approximate surface area is 135 Å². The summed E-state index contributed by atoms with van der Waals surface area (Å²) >= 11 is 10.5. The standard InChI is InChI=1S/C17H16ClNOS/c1-11-8-12-4-2-3-5-16(12)19(10-11)17(20)14-9-13(21)6-7-15(14)18/h2-7,9,11,21H,8,10H2,1H3. The lowest BCUT2D eigenvalue weighted by Gasteiger charge is -2.33. The van der Waals surface area contributed by atoms with Gasteiger partial charge in [-0.2, -0.15) is 0 Å². The van der Waals surface area contributed by atoms with Gasteiger partial charge < -0.3 is 4.90 Å². The van der Waals surface area contributed by atoms with E-state index in [0.717, 1.165) is 17.0 Å². The molecule has 0 aliphatic carbocycles. The molecule has 0 saturated heterocycles. The smallest absolute Gasteiger partial charge is 0.259 e. The summed E-state index contributed by atoms with van der Waals surface area (Å²) in [6.07, 6.45) is 1.00. The Morgan fingerprint density at radius 2 is 2.05 bits per heavy atom. The van der Waals surface area contributed by atoms with Crippen molar-refractivity contribution in [2.24, 2.45) is 5.92 Å². The number of anilines is 1. The number of rotatable bonds is 1. The average molecular weight is 318 g/mol. The molecule has 1 unspecified atom stereocenters. The molecule has 2 nitrogen and oxygen atoms in total. The van der Waals surface area contributed by atoms with Crippen LogP contribution >= 0.6 is 24.2 Å². The number of hydrogen-bond donors (Lipinski definition) is 1. The van der Waals surface area contributed by atoms with Crippen LogP contribution in [0.5, 0.6) is 0 Å². The SMILES string of the molecule is CC1Cc2ccccc2N(C(=O)c2cc(S)ccc2Cl)C1. The minimum Gasteiger partial charge on any atom is -0.308 e. The van der Waals surface area contributed by atoms with Crippen LogP contribution in [0.4, 0.5) is 5.69 Å². The zero-order valence-electron chi connectivity index (χ0n) is 11.7. The topological polar surface area (TPSA) is 20.3 Å². The number of benzene rings is 2. The van der Waals surface area contributed by atoms with Crippen LogP contribution in [0.25, 0.3) is 0 Å². The third-order valence-corrected chi connectivity index (χ3v) is 4.38. The minimum absolute atomic E-state index is 0.0603. The van der Waals surface area contributed by atoms with Crippen molar-refractivity contribution in [2.45, 2.75) is 18.2 Å². The molecule has 0 saturated carbocycles. The number of nitrogens with zero attached hydrogens (tertiary/aromatic N) is 1. The summed E-state index contributed by atoms with van der Waals surface area (Å²) < 4.78 is 0. The predicted octanol–water partition coefficient (Wildman–Crippen LogP) is 4.47. The van der Waals surface area contributed by atoms with Gasteiger partial charge in [-0.05, 0) is 42.2 Å². The highest BCUT2D eigenvalue weighted by atomic mass is 35.5. The second-order valence-corrected chi connectivity index (χ2v) is 6.44. The largest absolute Gasteiger partial charge is 0.308 e. The molecule has 0 fully saturated rings. The van der Waals surface area contributed by atoms with Crippen LogP contribution in [0.3, 0.4) is 0 Å². The van der Waals surface area contributed by atoms with Crippen LogP contribution in [-0.2, 0) is 6.42 Å². The van der Waals surface area contributed by atoms with E-state index in [4.69, 9.17) is 11.6 Å². The Morgan fingerprint density at radius 1 is 1.29 bits per heavy atom. The second kappa shape index (κ2) is 5.74. The van der Waals surface area contributed by atoms with E-state index in [1.165, 1.54) is 5.56 Å². The Hall–Kier alpha value is -1.45. The van der Waals surface area contributed by atoms with Gasteiger partial charge in [-0.3, -0.25) is 4.79 Å². The van der Waals surface area contributed by atoms with Crippen molar-refractivity contribution in [3.05, 3.63) is 58.6 Å². The van der Waals surface area contributed by atoms with Crippen molar-refractivity contribution >= 4 is 35.8 Å². The number of amides is 1. The van der Waals surface area contributed by atoms with Gasteiger partial charge in [0.25, 0.3) is 5.91 Å². The van der Waals surface area contributed by atoms with E-state index in [1.807, 2.05) is 23.1 Å². The van der Waals surface area contributed by atoms with Gasteiger partial charge in [-0.15, -0.1) is 12.6 Å². The van der Waals surface area contributed by atoms with Crippen molar-refractivity contribution in [2.75, 3.05) is 11.4 Å². The number of hydrogen-bond acceptors (Lipinski definition) is 2. The predicted molar refractivity (Wildman–Crippen MR) is 89.7 cm³/mol. The van der Waals surface area contributed by atoms with E-state index in [1.54, 1.807) is 18.2 Å². The molecule has 2 aromatic carbocycles. The molecular weight excluding hydrogens is 302 g/mol. The number of halogens is 1. The lowest BCUT2D eigenvalue weighted by atomic mass is 9.93. The van der Waals surface area contributed by atoms with E-state index >= 15 is 0 Å². The van der Waals surface area contributed by atoms with Crippen LogP contribution < -0.4 is 4.90 Å². The van der Waals surface area contributed by atoms with Crippen LogP contribution in [0.2, 0.25) is 5.02 Å². The second-order valence-electron chi connectivity index (χ2n) is 5.52. The van der Waals surface area contributed by atoms with Crippen LogP contribution in [0, 0.1) is 5.92 Å². The fourth-order valence-electron chi connectivity index (χ4n) is 2.81. The molecule has 1 amide bonds. The summed E-state index contributed by atoms with van der Waals surface area (Å²) in [5.41, 5.74) is 2.71. The summed E-state index contributed by atoms with van der Waals surface area (Å²) in [6.45, 7) is 2.87. The Bertz CT molecular complexity index is 701. The summed E-state index contributed by atoms with van der Waals surface area (Å²) in [6, 6.07) is 13.3. The Balaban J connectivity index is 2.04. The molecule has 108 valence electrons. The number of thiol groups is 1. The average Bonchev–Trinajstić information content (AvgIpc) is 2.48. The van der Waals surface area contributed by atoms with E-state index in [9.17, 15) is 4.79 Å². The van der Waals surface area contributed by atoms with Gasteiger partial charge in [0.1, 0.15) is 0 Å². The van der Waals surface area contributed by atoms with Crippen molar-refractivity contribution in [3.8, 4) is 0 Å². The first kappa shape index (κ1) is 14.5. The summed E-state index contributed by atoms with van der Waals surface area (Å²) in [7, 11) is 0. The van der Waals surface area contributed by atoms with E-state index in [-0.39, 0.29) is 5.91 Å². The molecule has 21 heavy (non-hydrogen) atoms. The third kappa shape index (κ3) is 2.81. The maximum absolute atomic E-state index is 12.9. The highest BCUT2D eigenvalue weighted by Crippen LogP contribution is 2.32. The van der Waals surface area contributed by atoms with Crippen LogP contribution in [0.15, 0.2) is 47.4 Å². The lowest BCUT2D eigenvalue weighted by Crippen LogP contribution is -2.39. The molecule has 1 heterocycles. The van der Waals surface area contributed by atoms with Gasteiger partial charge in [0, 0.05) is 17.1 Å². The molecule has 1 atom stereocenters. The quantitative estimate of drug-likeness (QED) is 0.770. The minimum atomic E-state index is -0.0603. The van der Waals surface area contributed by atoms with Crippen molar-refractivity contribution in [1.29, 1.82) is 0 Å². The molecule has 0 bridgehead atoms. The number of carbonyl (C=O) groups is 1. The molecule has 0 spiro atoms. The normalized spacial score (nSPS) is 17.5. The third-order valence-electron chi connectivity index (χ3n) is 3.77. The highest BCUT2D eigenvalue weighted by molar-refractivity contribution is 7.80. The van der Waals surface area contributed by atoms with Gasteiger partial charge in [0.05, 0.1) is 10.6 Å². The van der Waals surface area contributed by atoms with E-state index in [2.05, 4.69) is 25.6 Å². The van der Waals surface area contributed by atoms with Gasteiger partial charge >= 0.3 is 0 Å². The highest BCUT2D eigenvalue weighted by Gasteiger charge is 2.27. The van der Waals surface area contributed by atoms with E-state index < -0.39 is 0 Å². The molecule has 0 radical (unpaired) electrons. The molecule has 3 rings (SSSR count). The Kier molecular flexibility index (Phi) is 3.96. The monoisotopic (exact) mass is 317 g/mol. The van der Waals surface area contributed by atoms with Gasteiger partial charge in [-0.25, -0.2) is 0 Å². The van der Waals surface area contributed by atoms with E-state index in [0.29, 0.717) is 23.0 Å². The van der Waals surface area contributed by atoms with Gasteiger partial charge in [0.2, 0.25) is 0 Å². The number of carbonyl (C=O) groups excluding carboxylic acids is 1. The molecule has 1 aliphatic heterocycles. The maximum Gasteiger partial charge on any atom is 0.259 e. The molecule has 1 aliphatic rings. The fraction of sp³-hybridized carbons (Fsp3) is 0.235. The first-order chi connectivity index (χ1) is 10.1. The lowest BCUT2D eigenvalue weighted by molar-refractivity contribution is 0.0981. The maximum atomic E-state index is 12.9. The van der Waals surface area contributed by atoms with Gasteiger partial charge in [-0.1, -0.05) is 36.7 Å². The van der Waals surface area contributed by atoms with Crippen LogP contribution in [0.1, 0.15) is 22.8 Å². The number of para-hydroxylation sites is 1. The summed E-state index contributed by atoms with van der Waals surface area (Å²) in [5.74, 6) is 0.372.